The van der Waals surface area contributed by atoms with Crippen molar-refractivity contribution in [3.63, 3.8) is 0 Å². The van der Waals surface area contributed by atoms with E-state index >= 15 is 0 Å². The molecule has 0 rings (SSSR count). The van der Waals surface area contributed by atoms with Gasteiger partial charge in [0.05, 0.1) is 0 Å². The standard InChI is InChI=1S/C10H21NOS/c1-10(9-13)8-11(2)6-4-3-5-7-12/h12-13H,1,3-9H2,2H3. The van der Waals surface area contributed by atoms with Crippen molar-refractivity contribution in [2.75, 3.05) is 32.5 Å². The molecule has 0 spiro atoms. The van der Waals surface area contributed by atoms with Gasteiger partial charge in [0, 0.05) is 18.9 Å². The molecule has 0 aliphatic carbocycles. The summed E-state index contributed by atoms with van der Waals surface area (Å²) in [5, 5.41) is 8.58. The van der Waals surface area contributed by atoms with Crippen LogP contribution in [-0.2, 0) is 0 Å². The monoisotopic (exact) mass is 203 g/mol. The van der Waals surface area contributed by atoms with Gasteiger partial charge in [-0.2, -0.15) is 12.6 Å². The second-order valence-electron chi connectivity index (χ2n) is 3.43. The highest BCUT2D eigenvalue weighted by Crippen LogP contribution is 2.00. The second-order valence-corrected chi connectivity index (χ2v) is 3.75. The van der Waals surface area contributed by atoms with E-state index < -0.39 is 0 Å². The van der Waals surface area contributed by atoms with Crippen molar-refractivity contribution >= 4 is 12.6 Å². The molecule has 2 nitrogen and oxygen atoms in total. The molecule has 0 aromatic carbocycles. The fraction of sp³-hybridized carbons (Fsp3) is 0.800. The van der Waals surface area contributed by atoms with E-state index in [0.29, 0.717) is 6.61 Å². The molecule has 0 amide bonds. The highest BCUT2D eigenvalue weighted by molar-refractivity contribution is 7.80. The zero-order chi connectivity index (χ0) is 10.1. The van der Waals surface area contributed by atoms with Gasteiger partial charge in [-0.25, -0.2) is 0 Å². The predicted octanol–water partition coefficient (Wildman–Crippen LogP) is 1.57. The summed E-state index contributed by atoms with van der Waals surface area (Å²) in [6, 6.07) is 0. The lowest BCUT2D eigenvalue weighted by Gasteiger charge is -2.16. The summed E-state index contributed by atoms with van der Waals surface area (Å²) in [6.07, 6.45) is 3.17. The van der Waals surface area contributed by atoms with Crippen LogP contribution in [0.25, 0.3) is 0 Å². The van der Waals surface area contributed by atoms with E-state index in [0.717, 1.165) is 43.7 Å². The topological polar surface area (TPSA) is 23.5 Å². The van der Waals surface area contributed by atoms with Crippen LogP contribution >= 0.6 is 12.6 Å². The normalized spacial score (nSPS) is 10.8. The number of rotatable bonds is 8. The Bertz CT molecular complexity index is 139. The van der Waals surface area contributed by atoms with Crippen LogP contribution in [0.4, 0.5) is 0 Å². The van der Waals surface area contributed by atoms with Gasteiger partial charge in [0.25, 0.3) is 0 Å². The van der Waals surface area contributed by atoms with Gasteiger partial charge in [0.15, 0.2) is 0 Å². The van der Waals surface area contributed by atoms with Crippen molar-refractivity contribution in [1.82, 2.24) is 4.90 Å². The molecular weight excluding hydrogens is 182 g/mol. The smallest absolute Gasteiger partial charge is 0.0431 e. The molecule has 0 aliphatic heterocycles. The summed E-state index contributed by atoms with van der Waals surface area (Å²) < 4.78 is 0. The van der Waals surface area contributed by atoms with Gasteiger partial charge in [0.2, 0.25) is 0 Å². The Kier molecular flexibility index (Phi) is 8.61. The maximum atomic E-state index is 8.58. The van der Waals surface area contributed by atoms with Crippen LogP contribution in [0.3, 0.4) is 0 Å². The Morgan fingerprint density at radius 2 is 2.08 bits per heavy atom. The van der Waals surface area contributed by atoms with Gasteiger partial charge >= 0.3 is 0 Å². The van der Waals surface area contributed by atoms with E-state index in [1.165, 1.54) is 0 Å². The molecule has 0 heterocycles. The molecular formula is C10H21NOS. The number of nitrogens with zero attached hydrogens (tertiary/aromatic N) is 1. The Morgan fingerprint density at radius 3 is 2.62 bits per heavy atom. The summed E-state index contributed by atoms with van der Waals surface area (Å²) in [6.45, 7) is 6.22. The number of likely N-dealkylation sites (N-methyl/N-ethyl adjacent to an activating group) is 1. The zero-order valence-corrected chi connectivity index (χ0v) is 9.39. The van der Waals surface area contributed by atoms with Crippen molar-refractivity contribution in [1.29, 1.82) is 0 Å². The molecule has 0 atom stereocenters. The van der Waals surface area contributed by atoms with Gasteiger partial charge in [0.1, 0.15) is 0 Å². The average Bonchev–Trinajstić information content (AvgIpc) is 2.12. The van der Waals surface area contributed by atoms with Crippen LogP contribution in [0.1, 0.15) is 19.3 Å². The SMILES string of the molecule is C=C(CS)CN(C)CCCCCO. The van der Waals surface area contributed by atoms with Crippen LogP contribution in [0.5, 0.6) is 0 Å². The van der Waals surface area contributed by atoms with E-state index in [4.69, 9.17) is 5.11 Å². The molecule has 1 N–H and O–H groups in total. The maximum Gasteiger partial charge on any atom is 0.0431 e. The molecule has 0 bridgehead atoms. The van der Waals surface area contributed by atoms with Gasteiger partial charge in [-0.3, -0.25) is 0 Å². The predicted molar refractivity (Wildman–Crippen MR) is 61.4 cm³/mol. The lowest BCUT2D eigenvalue weighted by Crippen LogP contribution is -2.22. The fourth-order valence-electron chi connectivity index (χ4n) is 1.18. The summed E-state index contributed by atoms with van der Waals surface area (Å²) in [4.78, 5) is 2.25. The number of unbranched alkanes of at least 4 members (excludes halogenated alkanes) is 2. The third kappa shape index (κ3) is 8.34. The number of hydrogen-bond acceptors (Lipinski definition) is 3. The highest BCUT2D eigenvalue weighted by Gasteiger charge is 1.99. The third-order valence-corrected chi connectivity index (χ3v) is 2.36. The Morgan fingerprint density at radius 1 is 1.38 bits per heavy atom. The first-order valence-electron chi connectivity index (χ1n) is 4.77. The Labute approximate surface area is 87.0 Å². The van der Waals surface area contributed by atoms with Crippen LogP contribution < -0.4 is 0 Å². The fourth-order valence-corrected chi connectivity index (χ4v) is 1.28. The Hall–Kier alpha value is 0.01000. The van der Waals surface area contributed by atoms with Crippen molar-refractivity contribution in [3.05, 3.63) is 12.2 Å². The third-order valence-electron chi connectivity index (χ3n) is 1.92. The van der Waals surface area contributed by atoms with Gasteiger partial charge in [-0.15, -0.1) is 0 Å². The van der Waals surface area contributed by atoms with E-state index in [-0.39, 0.29) is 0 Å². The molecule has 78 valence electrons. The quantitative estimate of drug-likeness (QED) is 0.355. The summed E-state index contributed by atoms with van der Waals surface area (Å²) in [5.41, 5.74) is 1.16. The van der Waals surface area contributed by atoms with Gasteiger partial charge in [-0.05, 0) is 32.9 Å². The number of aliphatic hydroxyl groups excluding tert-OH is 1. The summed E-state index contributed by atoms with van der Waals surface area (Å²) >= 11 is 4.16. The second kappa shape index (κ2) is 8.60. The molecule has 0 aliphatic rings. The first-order valence-corrected chi connectivity index (χ1v) is 5.41. The lowest BCUT2D eigenvalue weighted by atomic mass is 10.2. The summed E-state index contributed by atoms with van der Waals surface area (Å²) in [7, 11) is 2.09. The molecule has 0 fully saturated rings. The molecule has 0 unspecified atom stereocenters. The molecule has 13 heavy (non-hydrogen) atoms. The molecule has 3 heteroatoms. The minimum absolute atomic E-state index is 0.313. The van der Waals surface area contributed by atoms with Gasteiger partial charge < -0.3 is 10.0 Å². The van der Waals surface area contributed by atoms with E-state index in [1.807, 2.05) is 0 Å². The molecule has 0 saturated carbocycles. The molecule has 0 radical (unpaired) electrons. The largest absolute Gasteiger partial charge is 0.396 e. The van der Waals surface area contributed by atoms with Crippen molar-refractivity contribution in [3.8, 4) is 0 Å². The summed E-state index contributed by atoms with van der Waals surface area (Å²) in [5.74, 6) is 0.765. The maximum absolute atomic E-state index is 8.58. The van der Waals surface area contributed by atoms with E-state index in [1.54, 1.807) is 0 Å². The average molecular weight is 203 g/mol. The minimum Gasteiger partial charge on any atom is -0.396 e. The number of hydrogen-bond donors (Lipinski definition) is 2. The minimum atomic E-state index is 0.313. The van der Waals surface area contributed by atoms with Crippen LogP contribution in [-0.4, -0.2) is 42.5 Å². The van der Waals surface area contributed by atoms with Gasteiger partial charge in [-0.1, -0.05) is 12.2 Å². The lowest BCUT2D eigenvalue weighted by molar-refractivity contribution is 0.276. The van der Waals surface area contributed by atoms with Crippen LogP contribution in [0.2, 0.25) is 0 Å². The molecule has 0 aromatic rings. The number of aliphatic hydroxyl groups is 1. The van der Waals surface area contributed by atoms with E-state index in [2.05, 4.69) is 31.2 Å². The number of thiol groups is 1. The van der Waals surface area contributed by atoms with Crippen LogP contribution in [0.15, 0.2) is 12.2 Å². The first-order chi connectivity index (χ1) is 6.20. The Balaban J connectivity index is 3.29. The van der Waals surface area contributed by atoms with Crippen LogP contribution in [0, 0.1) is 0 Å². The zero-order valence-electron chi connectivity index (χ0n) is 8.50. The molecule has 0 aromatic heterocycles. The molecule has 0 saturated heterocycles. The van der Waals surface area contributed by atoms with Crippen molar-refractivity contribution in [2.24, 2.45) is 0 Å². The highest BCUT2D eigenvalue weighted by atomic mass is 32.1. The van der Waals surface area contributed by atoms with E-state index in [9.17, 15) is 0 Å². The van der Waals surface area contributed by atoms with Crippen molar-refractivity contribution < 1.29 is 5.11 Å². The first kappa shape index (κ1) is 13.0. The van der Waals surface area contributed by atoms with Crippen molar-refractivity contribution in [2.45, 2.75) is 19.3 Å².